The second-order valence-corrected chi connectivity index (χ2v) is 5.90. The largest absolute Gasteiger partial charge is 0.492 e. The summed E-state index contributed by atoms with van der Waals surface area (Å²) in [6.45, 7) is 5.14. The van der Waals surface area contributed by atoms with Gasteiger partial charge < -0.3 is 10.5 Å². The maximum Gasteiger partial charge on any atom is 0.133 e. The molecule has 0 bridgehead atoms. The Labute approximate surface area is 125 Å². The third kappa shape index (κ3) is 6.44. The number of hydrogen-bond acceptors (Lipinski definition) is 2. The number of ether oxygens (including phenoxy) is 1. The normalized spacial score (nSPS) is 12.4. The molecule has 0 aliphatic carbocycles. The number of rotatable bonds is 9. The minimum Gasteiger partial charge on any atom is -0.492 e. The minimum atomic E-state index is 0.243. The molecule has 0 fully saturated rings. The van der Waals surface area contributed by atoms with Crippen molar-refractivity contribution >= 4 is 15.9 Å². The van der Waals surface area contributed by atoms with E-state index in [0.29, 0.717) is 0 Å². The average molecular weight is 328 g/mol. The van der Waals surface area contributed by atoms with Crippen LogP contribution in [0.4, 0.5) is 0 Å². The first kappa shape index (κ1) is 16.5. The fourth-order valence-corrected chi connectivity index (χ4v) is 2.49. The molecule has 0 saturated heterocycles. The van der Waals surface area contributed by atoms with Crippen LogP contribution in [0.2, 0.25) is 0 Å². The van der Waals surface area contributed by atoms with Gasteiger partial charge in [-0.05, 0) is 52.9 Å². The molecule has 0 aliphatic heterocycles. The molecule has 0 aliphatic rings. The van der Waals surface area contributed by atoms with Gasteiger partial charge >= 0.3 is 0 Å². The molecule has 0 heterocycles. The third-order valence-electron chi connectivity index (χ3n) is 3.27. The zero-order valence-corrected chi connectivity index (χ0v) is 13.7. The number of nitrogens with two attached hydrogens (primary N) is 1. The van der Waals surface area contributed by atoms with Crippen molar-refractivity contribution in [1.29, 1.82) is 0 Å². The molecule has 1 unspecified atom stereocenters. The van der Waals surface area contributed by atoms with Crippen LogP contribution in [0.1, 0.15) is 51.5 Å². The molecule has 0 aromatic heterocycles. The summed E-state index contributed by atoms with van der Waals surface area (Å²) in [7, 11) is 0. The SMILES string of the molecule is CCCCCCOc1ccc(CC(N)CC)cc1Br. The molecule has 2 N–H and O–H groups in total. The summed E-state index contributed by atoms with van der Waals surface area (Å²) in [6, 6.07) is 6.52. The predicted molar refractivity (Wildman–Crippen MR) is 85.7 cm³/mol. The lowest BCUT2D eigenvalue weighted by molar-refractivity contribution is 0.303. The Bertz CT molecular complexity index is 368. The van der Waals surface area contributed by atoms with Gasteiger partial charge in [-0.25, -0.2) is 0 Å². The second kappa shape index (κ2) is 9.38. The van der Waals surface area contributed by atoms with E-state index < -0.39 is 0 Å². The summed E-state index contributed by atoms with van der Waals surface area (Å²) < 4.78 is 6.82. The van der Waals surface area contributed by atoms with E-state index in [1.165, 1.54) is 24.8 Å². The third-order valence-corrected chi connectivity index (χ3v) is 3.89. The van der Waals surface area contributed by atoms with Gasteiger partial charge in [0.25, 0.3) is 0 Å². The summed E-state index contributed by atoms with van der Waals surface area (Å²) in [6.07, 6.45) is 6.86. The van der Waals surface area contributed by atoms with Crippen molar-refractivity contribution in [2.45, 2.75) is 58.4 Å². The van der Waals surface area contributed by atoms with Gasteiger partial charge in [-0.3, -0.25) is 0 Å². The van der Waals surface area contributed by atoms with Crippen LogP contribution in [0.5, 0.6) is 5.75 Å². The highest BCUT2D eigenvalue weighted by atomic mass is 79.9. The summed E-state index contributed by atoms with van der Waals surface area (Å²) >= 11 is 3.58. The van der Waals surface area contributed by atoms with E-state index in [4.69, 9.17) is 10.5 Å². The summed E-state index contributed by atoms with van der Waals surface area (Å²) in [5.41, 5.74) is 7.24. The first-order valence-corrected chi connectivity index (χ1v) is 8.13. The van der Waals surface area contributed by atoms with Crippen LogP contribution in [0.15, 0.2) is 22.7 Å². The summed E-state index contributed by atoms with van der Waals surface area (Å²) in [5, 5.41) is 0. The van der Waals surface area contributed by atoms with Crippen molar-refractivity contribution in [3.8, 4) is 5.75 Å². The first-order valence-electron chi connectivity index (χ1n) is 7.34. The lowest BCUT2D eigenvalue weighted by Crippen LogP contribution is -2.21. The average Bonchev–Trinajstić information content (AvgIpc) is 2.40. The molecule has 2 nitrogen and oxygen atoms in total. The molecule has 0 saturated carbocycles. The number of hydrogen-bond donors (Lipinski definition) is 1. The van der Waals surface area contributed by atoms with E-state index in [2.05, 4.69) is 41.9 Å². The Morgan fingerprint density at radius 2 is 2.00 bits per heavy atom. The van der Waals surface area contributed by atoms with Crippen molar-refractivity contribution in [3.63, 3.8) is 0 Å². The molecule has 19 heavy (non-hydrogen) atoms. The maximum atomic E-state index is 5.97. The topological polar surface area (TPSA) is 35.2 Å². The van der Waals surface area contributed by atoms with Crippen LogP contribution >= 0.6 is 15.9 Å². The van der Waals surface area contributed by atoms with E-state index in [0.717, 1.165) is 36.1 Å². The Morgan fingerprint density at radius 3 is 2.63 bits per heavy atom. The van der Waals surface area contributed by atoms with Crippen LogP contribution in [0, 0.1) is 0 Å². The van der Waals surface area contributed by atoms with E-state index in [1.54, 1.807) is 0 Å². The fourth-order valence-electron chi connectivity index (χ4n) is 1.95. The maximum absolute atomic E-state index is 5.97. The van der Waals surface area contributed by atoms with Crippen molar-refractivity contribution in [2.24, 2.45) is 5.73 Å². The van der Waals surface area contributed by atoms with Gasteiger partial charge in [0.15, 0.2) is 0 Å². The van der Waals surface area contributed by atoms with Gasteiger partial charge in [0.2, 0.25) is 0 Å². The zero-order chi connectivity index (χ0) is 14.1. The molecule has 1 aromatic carbocycles. The van der Waals surface area contributed by atoms with Crippen LogP contribution in [0.25, 0.3) is 0 Å². The van der Waals surface area contributed by atoms with E-state index in [-0.39, 0.29) is 6.04 Å². The quantitative estimate of drug-likeness (QED) is 0.668. The monoisotopic (exact) mass is 327 g/mol. The molecule has 3 heteroatoms. The van der Waals surface area contributed by atoms with Crippen molar-refractivity contribution in [1.82, 2.24) is 0 Å². The summed E-state index contributed by atoms with van der Waals surface area (Å²) in [5.74, 6) is 0.935. The molecule has 1 atom stereocenters. The smallest absolute Gasteiger partial charge is 0.133 e. The van der Waals surface area contributed by atoms with Crippen LogP contribution < -0.4 is 10.5 Å². The highest BCUT2D eigenvalue weighted by Crippen LogP contribution is 2.26. The lowest BCUT2D eigenvalue weighted by atomic mass is 10.0. The Kier molecular flexibility index (Phi) is 8.15. The highest BCUT2D eigenvalue weighted by Gasteiger charge is 2.06. The van der Waals surface area contributed by atoms with E-state index >= 15 is 0 Å². The second-order valence-electron chi connectivity index (χ2n) is 5.05. The molecular weight excluding hydrogens is 302 g/mol. The minimum absolute atomic E-state index is 0.243. The molecule has 0 spiro atoms. The van der Waals surface area contributed by atoms with Gasteiger partial charge in [-0.15, -0.1) is 0 Å². The Morgan fingerprint density at radius 1 is 1.21 bits per heavy atom. The van der Waals surface area contributed by atoms with Gasteiger partial charge in [0.1, 0.15) is 5.75 Å². The molecule has 1 aromatic rings. The van der Waals surface area contributed by atoms with Crippen LogP contribution in [-0.4, -0.2) is 12.6 Å². The first-order chi connectivity index (χ1) is 9.17. The van der Waals surface area contributed by atoms with Crippen molar-refractivity contribution in [2.75, 3.05) is 6.61 Å². The van der Waals surface area contributed by atoms with Gasteiger partial charge in [0.05, 0.1) is 11.1 Å². The Hall–Kier alpha value is -0.540. The van der Waals surface area contributed by atoms with Crippen LogP contribution in [-0.2, 0) is 6.42 Å². The van der Waals surface area contributed by atoms with Gasteiger partial charge in [-0.1, -0.05) is 39.2 Å². The zero-order valence-electron chi connectivity index (χ0n) is 12.1. The lowest BCUT2D eigenvalue weighted by Gasteiger charge is -2.12. The number of benzene rings is 1. The Balaban J connectivity index is 2.43. The van der Waals surface area contributed by atoms with Crippen molar-refractivity contribution < 1.29 is 4.74 Å². The summed E-state index contributed by atoms with van der Waals surface area (Å²) in [4.78, 5) is 0. The highest BCUT2D eigenvalue weighted by molar-refractivity contribution is 9.10. The molecular formula is C16H26BrNO. The number of halogens is 1. The standard InChI is InChI=1S/C16H26BrNO/c1-3-5-6-7-10-19-16-9-8-13(12-15(16)17)11-14(18)4-2/h8-9,12,14H,3-7,10-11,18H2,1-2H3. The van der Waals surface area contributed by atoms with E-state index in [9.17, 15) is 0 Å². The molecule has 1 rings (SSSR count). The predicted octanol–water partition coefficient (Wildman–Crippen LogP) is 4.69. The molecule has 0 radical (unpaired) electrons. The van der Waals surface area contributed by atoms with Gasteiger partial charge in [0, 0.05) is 6.04 Å². The molecule has 0 amide bonds. The number of unbranched alkanes of at least 4 members (excludes halogenated alkanes) is 3. The van der Waals surface area contributed by atoms with Crippen LogP contribution in [0.3, 0.4) is 0 Å². The van der Waals surface area contributed by atoms with Crippen molar-refractivity contribution in [3.05, 3.63) is 28.2 Å². The van der Waals surface area contributed by atoms with E-state index in [1.807, 2.05) is 6.07 Å². The molecule has 108 valence electrons. The van der Waals surface area contributed by atoms with Gasteiger partial charge in [-0.2, -0.15) is 0 Å². The fraction of sp³-hybridized carbons (Fsp3) is 0.625.